The molecule has 0 aliphatic heterocycles. The summed E-state index contributed by atoms with van der Waals surface area (Å²) in [6.45, 7) is 0. The van der Waals surface area contributed by atoms with E-state index in [1.165, 1.54) is 0 Å². The molecular formula is C17H11Cl2NO2. The number of carbonyl (C=O) groups is 1. The predicted octanol–water partition coefficient (Wildman–Crippen LogP) is 5.10. The van der Waals surface area contributed by atoms with E-state index in [2.05, 4.69) is 5.32 Å². The molecule has 3 nitrogen and oxygen atoms in total. The van der Waals surface area contributed by atoms with Gasteiger partial charge in [0.05, 0.1) is 16.3 Å². The number of aromatic hydroxyl groups is 1. The molecule has 2 N–H and O–H groups in total. The Balaban J connectivity index is 1.97. The lowest BCUT2D eigenvalue weighted by atomic mass is 10.0. The van der Waals surface area contributed by atoms with E-state index in [0.29, 0.717) is 21.1 Å². The summed E-state index contributed by atoms with van der Waals surface area (Å²) in [4.78, 5) is 12.4. The van der Waals surface area contributed by atoms with E-state index in [0.717, 1.165) is 5.39 Å². The number of anilines is 1. The van der Waals surface area contributed by atoms with E-state index in [1.54, 1.807) is 42.5 Å². The third kappa shape index (κ3) is 2.73. The second-order valence-corrected chi connectivity index (χ2v) is 5.60. The van der Waals surface area contributed by atoms with Crippen LogP contribution in [-0.4, -0.2) is 11.0 Å². The third-order valence-corrected chi connectivity index (χ3v) is 3.87. The Hall–Kier alpha value is -2.23. The molecule has 0 spiro atoms. The number of phenolic OH excluding ortho intramolecular Hbond substituents is 1. The van der Waals surface area contributed by atoms with E-state index < -0.39 is 5.91 Å². The SMILES string of the molecule is O=C(Nc1ccc(Cl)cc1Cl)c1ccc2ccccc2c1O. The van der Waals surface area contributed by atoms with Crippen LogP contribution in [0.15, 0.2) is 54.6 Å². The fourth-order valence-corrected chi connectivity index (χ4v) is 2.67. The number of carbonyl (C=O) groups excluding carboxylic acids is 1. The van der Waals surface area contributed by atoms with E-state index >= 15 is 0 Å². The molecule has 3 rings (SSSR count). The number of rotatable bonds is 2. The summed E-state index contributed by atoms with van der Waals surface area (Å²) in [6.07, 6.45) is 0. The van der Waals surface area contributed by atoms with Gasteiger partial charge in [-0.2, -0.15) is 0 Å². The molecule has 5 heteroatoms. The fourth-order valence-electron chi connectivity index (χ4n) is 2.22. The van der Waals surface area contributed by atoms with Crippen LogP contribution in [0.25, 0.3) is 10.8 Å². The van der Waals surface area contributed by atoms with E-state index in [4.69, 9.17) is 23.2 Å². The lowest BCUT2D eigenvalue weighted by molar-refractivity contribution is 0.102. The van der Waals surface area contributed by atoms with Crippen molar-refractivity contribution in [2.75, 3.05) is 5.32 Å². The number of hydrogen-bond donors (Lipinski definition) is 2. The fraction of sp³-hybridized carbons (Fsp3) is 0. The van der Waals surface area contributed by atoms with Gasteiger partial charge in [-0.3, -0.25) is 4.79 Å². The van der Waals surface area contributed by atoms with Crippen molar-refractivity contribution in [2.24, 2.45) is 0 Å². The molecule has 3 aromatic rings. The maximum atomic E-state index is 12.4. The Kier molecular flexibility index (Phi) is 3.92. The highest BCUT2D eigenvalue weighted by Gasteiger charge is 2.15. The van der Waals surface area contributed by atoms with Gasteiger partial charge in [0.25, 0.3) is 5.91 Å². The number of halogens is 2. The van der Waals surface area contributed by atoms with Gasteiger partial charge in [0.2, 0.25) is 0 Å². The summed E-state index contributed by atoms with van der Waals surface area (Å²) >= 11 is 11.9. The summed E-state index contributed by atoms with van der Waals surface area (Å²) in [5.74, 6) is -0.492. The van der Waals surface area contributed by atoms with Gasteiger partial charge in [-0.25, -0.2) is 0 Å². The minimum absolute atomic E-state index is 0.0549. The zero-order valence-electron chi connectivity index (χ0n) is 11.3. The topological polar surface area (TPSA) is 49.3 Å². The molecule has 0 heterocycles. The zero-order valence-corrected chi connectivity index (χ0v) is 12.8. The third-order valence-electron chi connectivity index (χ3n) is 3.32. The first-order valence-corrected chi connectivity index (χ1v) is 7.29. The van der Waals surface area contributed by atoms with Crippen molar-refractivity contribution in [3.05, 3.63) is 70.2 Å². The average Bonchev–Trinajstić information content (AvgIpc) is 2.50. The van der Waals surface area contributed by atoms with Crippen molar-refractivity contribution < 1.29 is 9.90 Å². The summed E-state index contributed by atoms with van der Waals surface area (Å²) in [5.41, 5.74) is 0.619. The van der Waals surface area contributed by atoms with E-state index in [9.17, 15) is 9.90 Å². The molecule has 0 fully saturated rings. The summed E-state index contributed by atoms with van der Waals surface area (Å²) in [6, 6.07) is 15.4. The number of fused-ring (bicyclic) bond motifs is 1. The summed E-state index contributed by atoms with van der Waals surface area (Å²) < 4.78 is 0. The van der Waals surface area contributed by atoms with Gasteiger partial charge >= 0.3 is 0 Å². The van der Waals surface area contributed by atoms with Crippen molar-refractivity contribution in [2.45, 2.75) is 0 Å². The van der Waals surface area contributed by atoms with Gasteiger partial charge < -0.3 is 10.4 Å². The number of nitrogens with one attached hydrogen (secondary N) is 1. The average molecular weight is 332 g/mol. The Morgan fingerprint density at radius 2 is 1.77 bits per heavy atom. The van der Waals surface area contributed by atoms with Crippen LogP contribution in [0, 0.1) is 0 Å². The molecule has 1 amide bonds. The highest BCUT2D eigenvalue weighted by molar-refractivity contribution is 6.36. The Labute approximate surface area is 137 Å². The Morgan fingerprint density at radius 3 is 2.55 bits per heavy atom. The molecule has 0 saturated heterocycles. The molecule has 0 atom stereocenters. The van der Waals surface area contributed by atoms with Crippen LogP contribution in [0.1, 0.15) is 10.4 Å². The maximum Gasteiger partial charge on any atom is 0.259 e. The molecule has 0 aliphatic rings. The molecule has 0 aromatic heterocycles. The van der Waals surface area contributed by atoms with Crippen LogP contribution >= 0.6 is 23.2 Å². The molecular weight excluding hydrogens is 321 g/mol. The molecule has 0 unspecified atom stereocenters. The second kappa shape index (κ2) is 5.87. The van der Waals surface area contributed by atoms with E-state index in [1.807, 2.05) is 12.1 Å². The van der Waals surface area contributed by atoms with Gasteiger partial charge in [-0.1, -0.05) is 53.5 Å². The molecule has 0 radical (unpaired) electrons. The van der Waals surface area contributed by atoms with Crippen LogP contribution in [0.5, 0.6) is 5.75 Å². The molecule has 0 aliphatic carbocycles. The number of phenols is 1. The summed E-state index contributed by atoms with van der Waals surface area (Å²) in [7, 11) is 0. The number of hydrogen-bond acceptors (Lipinski definition) is 2. The van der Waals surface area contributed by atoms with E-state index in [-0.39, 0.29) is 11.3 Å². The van der Waals surface area contributed by atoms with Crippen LogP contribution < -0.4 is 5.32 Å². The van der Waals surface area contributed by atoms with Crippen LogP contribution in [0.3, 0.4) is 0 Å². The highest BCUT2D eigenvalue weighted by Crippen LogP contribution is 2.30. The lowest BCUT2D eigenvalue weighted by Gasteiger charge is -2.10. The van der Waals surface area contributed by atoms with Crippen molar-refractivity contribution in [1.82, 2.24) is 0 Å². The Bertz CT molecular complexity index is 878. The minimum Gasteiger partial charge on any atom is -0.506 e. The quantitative estimate of drug-likeness (QED) is 0.685. The smallest absolute Gasteiger partial charge is 0.259 e. The Morgan fingerprint density at radius 1 is 1.00 bits per heavy atom. The van der Waals surface area contributed by atoms with Crippen LogP contribution in [0.4, 0.5) is 5.69 Å². The molecule has 22 heavy (non-hydrogen) atoms. The van der Waals surface area contributed by atoms with Gasteiger partial charge in [-0.15, -0.1) is 0 Å². The standard InChI is InChI=1S/C17H11Cl2NO2/c18-11-6-8-15(14(19)9-11)20-17(22)13-7-5-10-3-1-2-4-12(10)16(13)21/h1-9,21H,(H,20,22). The second-order valence-electron chi connectivity index (χ2n) is 4.76. The first kappa shape index (κ1) is 14.7. The summed E-state index contributed by atoms with van der Waals surface area (Å²) in [5, 5.41) is 15.3. The normalized spacial score (nSPS) is 10.6. The van der Waals surface area contributed by atoms with Crippen molar-refractivity contribution in [1.29, 1.82) is 0 Å². The van der Waals surface area contributed by atoms with Gasteiger partial charge in [0.15, 0.2) is 0 Å². The first-order valence-electron chi connectivity index (χ1n) is 6.53. The van der Waals surface area contributed by atoms with Crippen LogP contribution in [0.2, 0.25) is 10.0 Å². The zero-order chi connectivity index (χ0) is 15.7. The van der Waals surface area contributed by atoms with Gasteiger partial charge in [0.1, 0.15) is 5.75 Å². The van der Waals surface area contributed by atoms with Gasteiger partial charge in [-0.05, 0) is 29.7 Å². The lowest BCUT2D eigenvalue weighted by Crippen LogP contribution is -2.12. The maximum absolute atomic E-state index is 12.4. The molecule has 110 valence electrons. The molecule has 0 bridgehead atoms. The largest absolute Gasteiger partial charge is 0.506 e. The van der Waals surface area contributed by atoms with Crippen molar-refractivity contribution >= 4 is 45.6 Å². The minimum atomic E-state index is -0.438. The first-order chi connectivity index (χ1) is 10.6. The number of amides is 1. The molecule has 0 saturated carbocycles. The van der Waals surface area contributed by atoms with Gasteiger partial charge in [0, 0.05) is 10.4 Å². The predicted molar refractivity (Wildman–Crippen MR) is 90.0 cm³/mol. The van der Waals surface area contributed by atoms with Crippen molar-refractivity contribution in [3.8, 4) is 5.75 Å². The monoisotopic (exact) mass is 331 g/mol. The van der Waals surface area contributed by atoms with Crippen LogP contribution in [-0.2, 0) is 0 Å². The number of benzene rings is 3. The molecule has 3 aromatic carbocycles. The van der Waals surface area contributed by atoms with Crippen molar-refractivity contribution in [3.63, 3.8) is 0 Å². The highest BCUT2D eigenvalue weighted by atomic mass is 35.5.